The number of hydrogen-bond donors (Lipinski definition) is 0. The molecule has 1 aliphatic rings. The third kappa shape index (κ3) is 3.73. The molecule has 0 radical (unpaired) electrons. The normalized spacial score (nSPS) is 19.8. The second kappa shape index (κ2) is 6.59. The number of hydrogen-bond acceptors (Lipinski definition) is 5. The Hall–Kier alpha value is -0.520. The third-order valence-electron chi connectivity index (χ3n) is 2.99. The fourth-order valence-corrected chi connectivity index (χ4v) is 2.62. The molecule has 1 saturated heterocycles. The Balaban J connectivity index is 2.02. The van der Waals surface area contributed by atoms with Crippen molar-refractivity contribution in [2.45, 2.75) is 30.5 Å². The van der Waals surface area contributed by atoms with Crippen LogP contribution in [0.1, 0.15) is 19.3 Å². The number of halogens is 1. The molecule has 0 spiro atoms. The lowest BCUT2D eigenvalue weighted by atomic mass is 10.1. The van der Waals surface area contributed by atoms with Gasteiger partial charge in [-0.15, -0.1) is 0 Å². The first kappa shape index (κ1) is 13.9. The van der Waals surface area contributed by atoms with Gasteiger partial charge in [0.25, 0.3) is 0 Å². The molecule has 0 saturated carbocycles. The van der Waals surface area contributed by atoms with E-state index in [9.17, 15) is 0 Å². The van der Waals surface area contributed by atoms with Gasteiger partial charge in [0.05, 0.1) is 6.10 Å². The van der Waals surface area contributed by atoms with Gasteiger partial charge in [-0.05, 0) is 25.5 Å². The zero-order valence-electron chi connectivity index (χ0n) is 10.7. The highest BCUT2D eigenvalue weighted by Crippen LogP contribution is 2.21. The molecule has 2 heterocycles. The summed E-state index contributed by atoms with van der Waals surface area (Å²) in [4.78, 5) is 10.7. The molecule has 1 atom stereocenters. The number of ether oxygens (including phenoxy) is 1. The summed E-state index contributed by atoms with van der Waals surface area (Å²) in [5.74, 6) is 0.855. The lowest BCUT2D eigenvalue weighted by Gasteiger charge is -2.28. The maximum absolute atomic E-state index is 5.99. The van der Waals surface area contributed by atoms with Crippen LogP contribution in [-0.2, 0) is 4.74 Å². The molecule has 6 heteroatoms. The monoisotopic (exact) mass is 287 g/mol. The summed E-state index contributed by atoms with van der Waals surface area (Å²) in [5.41, 5.74) is 0. The number of thioether (sulfide) groups is 1. The van der Waals surface area contributed by atoms with Gasteiger partial charge in [0.1, 0.15) is 11.0 Å². The molecule has 2 rings (SSSR count). The fourth-order valence-electron chi connectivity index (χ4n) is 2.02. The van der Waals surface area contributed by atoms with Crippen LogP contribution >= 0.6 is 23.4 Å². The molecular formula is C12H18ClN3OS. The van der Waals surface area contributed by atoms with Crippen molar-refractivity contribution in [2.75, 3.05) is 31.4 Å². The quantitative estimate of drug-likeness (QED) is 0.484. The highest BCUT2D eigenvalue weighted by atomic mass is 35.5. The summed E-state index contributed by atoms with van der Waals surface area (Å²) >= 11 is 7.49. The molecule has 1 unspecified atom stereocenters. The smallest absolute Gasteiger partial charge is 0.190 e. The predicted octanol–water partition coefficient (Wildman–Crippen LogP) is 2.86. The molecule has 0 N–H and O–H groups in total. The molecule has 100 valence electrons. The van der Waals surface area contributed by atoms with Crippen LogP contribution < -0.4 is 4.90 Å². The number of anilines is 1. The average molecular weight is 288 g/mol. The molecule has 1 aliphatic heterocycles. The molecule has 0 amide bonds. The van der Waals surface area contributed by atoms with Crippen molar-refractivity contribution in [3.8, 4) is 0 Å². The SMILES string of the molecule is CSc1nc(Cl)cc(N(C)CC2CCCCO2)n1. The predicted molar refractivity (Wildman–Crippen MR) is 75.7 cm³/mol. The standard InChI is InChI=1S/C12H18ClN3OS/c1-16(8-9-5-3-4-6-17-9)11-7-10(13)14-12(15-11)18-2/h7,9H,3-6,8H2,1-2H3. The number of nitrogens with zero attached hydrogens (tertiary/aromatic N) is 3. The lowest BCUT2D eigenvalue weighted by molar-refractivity contribution is 0.0215. The summed E-state index contributed by atoms with van der Waals surface area (Å²) in [6.07, 6.45) is 5.79. The topological polar surface area (TPSA) is 38.2 Å². The zero-order valence-corrected chi connectivity index (χ0v) is 12.3. The van der Waals surface area contributed by atoms with E-state index in [0.717, 1.165) is 25.4 Å². The molecule has 0 aromatic carbocycles. The van der Waals surface area contributed by atoms with Gasteiger partial charge in [-0.3, -0.25) is 0 Å². The second-order valence-corrected chi connectivity index (χ2v) is 5.57. The number of likely N-dealkylation sites (N-methyl/N-ethyl adjacent to an activating group) is 1. The van der Waals surface area contributed by atoms with Crippen molar-refractivity contribution in [1.82, 2.24) is 9.97 Å². The minimum Gasteiger partial charge on any atom is -0.376 e. The van der Waals surface area contributed by atoms with E-state index >= 15 is 0 Å². The minimum absolute atomic E-state index is 0.301. The largest absolute Gasteiger partial charge is 0.376 e. The second-order valence-electron chi connectivity index (χ2n) is 4.40. The summed E-state index contributed by atoms with van der Waals surface area (Å²) < 4.78 is 5.73. The molecule has 1 aromatic heterocycles. The molecular weight excluding hydrogens is 270 g/mol. The van der Waals surface area contributed by atoms with Crippen LogP contribution in [0.3, 0.4) is 0 Å². The average Bonchev–Trinajstić information content (AvgIpc) is 2.39. The Labute approximate surface area is 117 Å². The lowest BCUT2D eigenvalue weighted by Crippen LogP contribution is -2.33. The van der Waals surface area contributed by atoms with Crippen LogP contribution in [0, 0.1) is 0 Å². The molecule has 0 bridgehead atoms. The Morgan fingerprint density at radius 1 is 1.50 bits per heavy atom. The Morgan fingerprint density at radius 2 is 2.33 bits per heavy atom. The summed E-state index contributed by atoms with van der Waals surface area (Å²) in [5, 5.41) is 1.19. The van der Waals surface area contributed by atoms with Gasteiger partial charge in [0.15, 0.2) is 5.16 Å². The van der Waals surface area contributed by atoms with Crippen LogP contribution in [0.2, 0.25) is 5.15 Å². The van der Waals surface area contributed by atoms with E-state index in [-0.39, 0.29) is 0 Å². The first-order valence-electron chi connectivity index (χ1n) is 6.10. The van der Waals surface area contributed by atoms with Crippen molar-refractivity contribution >= 4 is 29.2 Å². The van der Waals surface area contributed by atoms with Gasteiger partial charge in [-0.25, -0.2) is 9.97 Å². The maximum atomic E-state index is 5.99. The van der Waals surface area contributed by atoms with Crippen LogP contribution in [0.4, 0.5) is 5.82 Å². The maximum Gasteiger partial charge on any atom is 0.190 e. The van der Waals surface area contributed by atoms with Gasteiger partial charge < -0.3 is 9.64 Å². The van der Waals surface area contributed by atoms with Gasteiger partial charge in [-0.1, -0.05) is 23.4 Å². The highest BCUT2D eigenvalue weighted by molar-refractivity contribution is 7.98. The van der Waals surface area contributed by atoms with E-state index in [2.05, 4.69) is 14.9 Å². The van der Waals surface area contributed by atoms with Gasteiger partial charge in [0.2, 0.25) is 0 Å². The van der Waals surface area contributed by atoms with Crippen molar-refractivity contribution in [3.05, 3.63) is 11.2 Å². The van der Waals surface area contributed by atoms with Crippen LogP contribution in [0.25, 0.3) is 0 Å². The zero-order chi connectivity index (χ0) is 13.0. The van der Waals surface area contributed by atoms with Gasteiger partial charge >= 0.3 is 0 Å². The van der Waals surface area contributed by atoms with Crippen molar-refractivity contribution in [2.24, 2.45) is 0 Å². The fraction of sp³-hybridized carbons (Fsp3) is 0.667. The van der Waals surface area contributed by atoms with E-state index < -0.39 is 0 Å². The third-order valence-corrected chi connectivity index (χ3v) is 3.73. The number of rotatable bonds is 4. The number of aromatic nitrogens is 2. The van der Waals surface area contributed by atoms with Crippen LogP contribution in [-0.4, -0.2) is 42.5 Å². The summed E-state index contributed by atoms with van der Waals surface area (Å²) in [7, 11) is 2.01. The highest BCUT2D eigenvalue weighted by Gasteiger charge is 2.17. The Morgan fingerprint density at radius 3 is 3.00 bits per heavy atom. The Bertz CT molecular complexity index is 399. The first-order valence-corrected chi connectivity index (χ1v) is 7.70. The van der Waals surface area contributed by atoms with Crippen LogP contribution in [0.15, 0.2) is 11.2 Å². The van der Waals surface area contributed by atoms with E-state index in [1.807, 2.05) is 13.3 Å². The first-order chi connectivity index (χ1) is 8.69. The van der Waals surface area contributed by atoms with E-state index in [0.29, 0.717) is 16.4 Å². The minimum atomic E-state index is 0.301. The van der Waals surface area contributed by atoms with Crippen molar-refractivity contribution in [3.63, 3.8) is 0 Å². The van der Waals surface area contributed by atoms with Crippen LogP contribution in [0.5, 0.6) is 0 Å². The van der Waals surface area contributed by atoms with Gasteiger partial charge in [-0.2, -0.15) is 0 Å². The van der Waals surface area contributed by atoms with Gasteiger partial charge in [0, 0.05) is 26.3 Å². The van der Waals surface area contributed by atoms with Crippen molar-refractivity contribution < 1.29 is 4.74 Å². The van der Waals surface area contributed by atoms with E-state index in [1.165, 1.54) is 24.6 Å². The summed E-state index contributed by atoms with van der Waals surface area (Å²) in [6, 6.07) is 1.80. The molecule has 0 aliphatic carbocycles. The summed E-state index contributed by atoms with van der Waals surface area (Å²) in [6.45, 7) is 1.72. The van der Waals surface area contributed by atoms with E-state index in [4.69, 9.17) is 16.3 Å². The molecule has 18 heavy (non-hydrogen) atoms. The molecule has 1 aromatic rings. The van der Waals surface area contributed by atoms with Crippen molar-refractivity contribution in [1.29, 1.82) is 0 Å². The van der Waals surface area contributed by atoms with E-state index in [1.54, 1.807) is 6.07 Å². The molecule has 4 nitrogen and oxygen atoms in total. The Kier molecular flexibility index (Phi) is 5.09. The molecule has 1 fully saturated rings.